The first kappa shape index (κ1) is 7.46. The molecule has 0 radical (unpaired) electrons. The van der Waals surface area contributed by atoms with Crippen LogP contribution in [0.3, 0.4) is 0 Å². The van der Waals surface area contributed by atoms with Gasteiger partial charge >= 0.3 is 0 Å². The van der Waals surface area contributed by atoms with Gasteiger partial charge in [0.05, 0.1) is 6.07 Å². The SMILES string of the molecule is N#CCC(C(F)F)C1CC1. The molecule has 1 rings (SSSR count). The van der Waals surface area contributed by atoms with E-state index in [2.05, 4.69) is 0 Å². The minimum absolute atomic E-state index is 0.0162. The molecule has 3 heteroatoms. The van der Waals surface area contributed by atoms with Crippen molar-refractivity contribution in [2.45, 2.75) is 25.7 Å². The molecule has 10 heavy (non-hydrogen) atoms. The van der Waals surface area contributed by atoms with Gasteiger partial charge in [-0.1, -0.05) is 0 Å². The molecule has 0 amide bonds. The number of rotatable bonds is 3. The van der Waals surface area contributed by atoms with E-state index in [0.29, 0.717) is 0 Å². The second kappa shape index (κ2) is 2.96. The van der Waals surface area contributed by atoms with E-state index >= 15 is 0 Å². The van der Waals surface area contributed by atoms with Crippen LogP contribution >= 0.6 is 0 Å². The van der Waals surface area contributed by atoms with Crippen molar-refractivity contribution in [1.82, 2.24) is 0 Å². The molecule has 0 saturated heterocycles. The first-order chi connectivity index (χ1) is 4.75. The lowest BCUT2D eigenvalue weighted by Gasteiger charge is -2.09. The standard InChI is InChI=1S/C7H9F2N/c8-7(9)6(3-4-10)5-1-2-5/h5-7H,1-3H2. The summed E-state index contributed by atoms with van der Waals surface area (Å²) in [5.74, 6) is -0.510. The maximum Gasteiger partial charge on any atom is 0.242 e. The third-order valence-electron chi connectivity index (χ3n) is 1.88. The molecule has 1 aliphatic rings. The Labute approximate surface area is 58.6 Å². The number of halogens is 2. The van der Waals surface area contributed by atoms with Crippen LogP contribution in [0.4, 0.5) is 8.78 Å². The normalized spacial score (nSPS) is 20.6. The molecule has 0 spiro atoms. The predicted octanol–water partition coefficient (Wildman–Crippen LogP) is 2.19. The molecule has 1 fully saturated rings. The van der Waals surface area contributed by atoms with Gasteiger partial charge in [0, 0.05) is 12.3 Å². The minimum Gasteiger partial charge on any atom is -0.210 e. The number of hydrogen-bond acceptors (Lipinski definition) is 1. The first-order valence-electron chi connectivity index (χ1n) is 3.41. The first-order valence-corrected chi connectivity index (χ1v) is 3.41. The Morgan fingerprint density at radius 2 is 2.10 bits per heavy atom. The maximum absolute atomic E-state index is 12.0. The zero-order valence-corrected chi connectivity index (χ0v) is 5.56. The summed E-state index contributed by atoms with van der Waals surface area (Å²) in [6.45, 7) is 0. The van der Waals surface area contributed by atoms with Crippen LogP contribution in [-0.4, -0.2) is 6.43 Å². The van der Waals surface area contributed by atoms with E-state index in [1.54, 1.807) is 6.07 Å². The molecule has 1 aliphatic carbocycles. The molecule has 1 unspecified atom stereocenters. The van der Waals surface area contributed by atoms with Gasteiger partial charge in [0.1, 0.15) is 0 Å². The molecule has 0 aromatic heterocycles. The molecular formula is C7H9F2N. The van der Waals surface area contributed by atoms with Crippen molar-refractivity contribution in [3.63, 3.8) is 0 Å². The molecule has 56 valence electrons. The van der Waals surface area contributed by atoms with Crippen molar-refractivity contribution in [3.8, 4) is 6.07 Å². The van der Waals surface area contributed by atoms with Crippen molar-refractivity contribution in [2.75, 3.05) is 0 Å². The largest absolute Gasteiger partial charge is 0.242 e. The van der Waals surface area contributed by atoms with Crippen LogP contribution < -0.4 is 0 Å². The summed E-state index contributed by atoms with van der Waals surface area (Å²) in [4.78, 5) is 0. The van der Waals surface area contributed by atoms with Gasteiger partial charge in [-0.3, -0.25) is 0 Å². The lowest BCUT2D eigenvalue weighted by atomic mass is 10.0. The average molecular weight is 145 g/mol. The zero-order chi connectivity index (χ0) is 7.56. The van der Waals surface area contributed by atoms with E-state index in [1.165, 1.54) is 0 Å². The quantitative estimate of drug-likeness (QED) is 0.597. The number of hydrogen-bond donors (Lipinski definition) is 0. The van der Waals surface area contributed by atoms with Gasteiger partial charge in [0.2, 0.25) is 6.43 Å². The summed E-state index contributed by atoms with van der Waals surface area (Å²) in [5.41, 5.74) is 0. The molecule has 0 aromatic carbocycles. The van der Waals surface area contributed by atoms with Gasteiger partial charge in [-0.05, 0) is 18.8 Å². The summed E-state index contributed by atoms with van der Waals surface area (Å²) in [7, 11) is 0. The Hall–Kier alpha value is -0.650. The van der Waals surface area contributed by atoms with Gasteiger partial charge < -0.3 is 0 Å². The van der Waals surface area contributed by atoms with Crippen LogP contribution in [0.15, 0.2) is 0 Å². The van der Waals surface area contributed by atoms with E-state index in [4.69, 9.17) is 5.26 Å². The van der Waals surface area contributed by atoms with Gasteiger partial charge in [0.15, 0.2) is 0 Å². The number of nitriles is 1. The third-order valence-corrected chi connectivity index (χ3v) is 1.88. The highest BCUT2D eigenvalue weighted by Gasteiger charge is 2.36. The molecule has 0 N–H and O–H groups in total. The van der Waals surface area contributed by atoms with Crippen molar-refractivity contribution in [1.29, 1.82) is 5.26 Å². The van der Waals surface area contributed by atoms with E-state index in [-0.39, 0.29) is 12.3 Å². The van der Waals surface area contributed by atoms with Gasteiger partial charge in [0.25, 0.3) is 0 Å². The molecule has 0 bridgehead atoms. The van der Waals surface area contributed by atoms with Crippen LogP contribution in [0.25, 0.3) is 0 Å². The molecule has 0 aromatic rings. The fraction of sp³-hybridized carbons (Fsp3) is 0.857. The van der Waals surface area contributed by atoms with Gasteiger partial charge in [-0.25, -0.2) is 8.78 Å². The Kier molecular flexibility index (Phi) is 2.21. The molecule has 1 saturated carbocycles. The highest BCUT2D eigenvalue weighted by Crippen LogP contribution is 2.41. The van der Waals surface area contributed by atoms with E-state index in [9.17, 15) is 8.78 Å². The predicted molar refractivity (Wildman–Crippen MR) is 32.4 cm³/mol. The monoisotopic (exact) mass is 145 g/mol. The molecule has 1 atom stereocenters. The van der Waals surface area contributed by atoms with Crippen LogP contribution in [0.2, 0.25) is 0 Å². The zero-order valence-electron chi connectivity index (χ0n) is 5.56. The Morgan fingerprint density at radius 1 is 1.50 bits per heavy atom. The van der Waals surface area contributed by atoms with E-state index in [0.717, 1.165) is 12.8 Å². The summed E-state index contributed by atoms with van der Waals surface area (Å²) < 4.78 is 24.1. The highest BCUT2D eigenvalue weighted by atomic mass is 19.3. The highest BCUT2D eigenvalue weighted by molar-refractivity contribution is 4.88. The molecule has 1 nitrogen and oxygen atoms in total. The summed E-state index contributed by atoms with van der Waals surface area (Å²) in [5, 5.41) is 8.18. The summed E-state index contributed by atoms with van der Waals surface area (Å²) in [6, 6.07) is 1.79. The lowest BCUT2D eigenvalue weighted by molar-refractivity contribution is 0.0676. The summed E-state index contributed by atoms with van der Waals surface area (Å²) in [6.07, 6.45) is -0.512. The van der Waals surface area contributed by atoms with E-state index < -0.39 is 12.3 Å². The van der Waals surface area contributed by atoms with Crippen molar-refractivity contribution in [3.05, 3.63) is 0 Å². The number of alkyl halides is 2. The Bertz CT molecular complexity index is 144. The lowest BCUT2D eigenvalue weighted by Crippen LogP contribution is -2.12. The third kappa shape index (κ3) is 1.66. The second-order valence-corrected chi connectivity index (χ2v) is 2.70. The van der Waals surface area contributed by atoms with E-state index in [1.807, 2.05) is 0 Å². The average Bonchev–Trinajstić information content (AvgIpc) is 2.63. The van der Waals surface area contributed by atoms with Crippen LogP contribution in [0.1, 0.15) is 19.3 Å². The Morgan fingerprint density at radius 3 is 2.40 bits per heavy atom. The van der Waals surface area contributed by atoms with Crippen LogP contribution in [0.5, 0.6) is 0 Å². The Balaban J connectivity index is 2.35. The fourth-order valence-corrected chi connectivity index (χ4v) is 1.09. The topological polar surface area (TPSA) is 23.8 Å². The smallest absolute Gasteiger partial charge is 0.210 e. The van der Waals surface area contributed by atoms with Crippen molar-refractivity contribution >= 4 is 0 Å². The molecular weight excluding hydrogens is 136 g/mol. The van der Waals surface area contributed by atoms with Crippen LogP contribution in [0, 0.1) is 23.2 Å². The van der Waals surface area contributed by atoms with Crippen molar-refractivity contribution < 1.29 is 8.78 Å². The van der Waals surface area contributed by atoms with Gasteiger partial charge in [-0.2, -0.15) is 5.26 Å². The van der Waals surface area contributed by atoms with Crippen molar-refractivity contribution in [2.24, 2.45) is 11.8 Å². The minimum atomic E-state index is -2.30. The molecule has 0 heterocycles. The summed E-state index contributed by atoms with van der Waals surface area (Å²) >= 11 is 0. The van der Waals surface area contributed by atoms with Gasteiger partial charge in [-0.15, -0.1) is 0 Å². The number of nitrogens with zero attached hydrogens (tertiary/aromatic N) is 1. The molecule has 0 aliphatic heterocycles. The second-order valence-electron chi connectivity index (χ2n) is 2.70. The maximum atomic E-state index is 12.0. The fourth-order valence-electron chi connectivity index (χ4n) is 1.09. The van der Waals surface area contributed by atoms with Crippen LogP contribution in [-0.2, 0) is 0 Å².